The minimum absolute atomic E-state index is 0.0967. The highest BCUT2D eigenvalue weighted by atomic mass is 35.5. The number of primary sulfonamides is 1. The summed E-state index contributed by atoms with van der Waals surface area (Å²) in [5.41, 5.74) is 1.27. The lowest BCUT2D eigenvalue weighted by molar-refractivity contribution is 0.594. The van der Waals surface area contributed by atoms with Gasteiger partial charge in [-0.25, -0.2) is 31.3 Å². The number of hydrogen-bond donors (Lipinski definition) is 1. The Morgan fingerprint density at radius 1 is 0.788 bits per heavy atom. The largest absolute Gasteiger partial charge is 0.238 e. The standard InChI is InChI=1S/C21H13Cl2FN2O4S3/c22-14-9-15(23)11-18(10-14)32(27,28)21-26-19(12-1-5-16(24)6-2-12)20(31-21)13-3-7-17(8-4-13)33(25,29)30/h1-11H,(H2,25,29,30). The third-order valence-electron chi connectivity index (χ3n) is 4.55. The smallest absolute Gasteiger partial charge is 0.225 e. The summed E-state index contributed by atoms with van der Waals surface area (Å²) in [7, 11) is -8.00. The Hall–Kier alpha value is -2.34. The second kappa shape index (κ2) is 8.79. The Bertz CT molecular complexity index is 1550. The topological polar surface area (TPSA) is 107 Å². The first-order valence-electron chi connectivity index (χ1n) is 9.06. The molecule has 1 heterocycles. The summed E-state index contributed by atoms with van der Waals surface area (Å²) in [6.45, 7) is 0. The molecular weight excluding hydrogens is 530 g/mol. The van der Waals surface area contributed by atoms with Crippen LogP contribution in [-0.4, -0.2) is 21.8 Å². The summed E-state index contributed by atoms with van der Waals surface area (Å²) >= 11 is 12.8. The fourth-order valence-corrected chi connectivity index (χ4v) is 6.95. The molecule has 0 radical (unpaired) electrons. The van der Waals surface area contributed by atoms with E-state index in [0.29, 0.717) is 16.0 Å². The van der Waals surface area contributed by atoms with Gasteiger partial charge in [0.05, 0.1) is 20.4 Å². The van der Waals surface area contributed by atoms with Gasteiger partial charge in [-0.15, -0.1) is 11.3 Å². The number of nitrogens with two attached hydrogens (primary N) is 1. The van der Waals surface area contributed by atoms with E-state index in [9.17, 15) is 21.2 Å². The van der Waals surface area contributed by atoms with Crippen molar-refractivity contribution in [3.05, 3.63) is 82.6 Å². The molecule has 0 unspecified atom stereocenters. The van der Waals surface area contributed by atoms with Gasteiger partial charge < -0.3 is 0 Å². The quantitative estimate of drug-likeness (QED) is 0.363. The van der Waals surface area contributed by atoms with E-state index in [4.69, 9.17) is 28.3 Å². The summed E-state index contributed by atoms with van der Waals surface area (Å²) in [4.78, 5) is 4.56. The van der Waals surface area contributed by atoms with Crippen LogP contribution in [0.2, 0.25) is 10.0 Å². The Morgan fingerprint density at radius 2 is 1.33 bits per heavy atom. The monoisotopic (exact) mass is 542 g/mol. The van der Waals surface area contributed by atoms with Gasteiger partial charge >= 0.3 is 0 Å². The molecule has 3 aromatic carbocycles. The second-order valence-corrected chi connectivity index (χ2v) is 12.4. The van der Waals surface area contributed by atoms with Crippen LogP contribution in [0.15, 0.2) is 80.9 Å². The van der Waals surface area contributed by atoms with Gasteiger partial charge in [-0.1, -0.05) is 35.3 Å². The molecule has 33 heavy (non-hydrogen) atoms. The first kappa shape index (κ1) is 23.8. The molecule has 12 heteroatoms. The van der Waals surface area contributed by atoms with E-state index in [1.165, 1.54) is 66.7 Å². The summed E-state index contributed by atoms with van der Waals surface area (Å²) in [6, 6.07) is 14.9. The lowest BCUT2D eigenvalue weighted by atomic mass is 10.1. The maximum atomic E-state index is 13.5. The minimum Gasteiger partial charge on any atom is -0.225 e. The van der Waals surface area contributed by atoms with Crippen molar-refractivity contribution < 1.29 is 21.2 Å². The first-order chi connectivity index (χ1) is 15.4. The molecule has 4 rings (SSSR count). The molecule has 0 amide bonds. The van der Waals surface area contributed by atoms with E-state index in [1.807, 2.05) is 0 Å². The lowest BCUT2D eigenvalue weighted by Gasteiger charge is -2.04. The predicted molar refractivity (Wildman–Crippen MR) is 126 cm³/mol. The van der Waals surface area contributed by atoms with Crippen molar-refractivity contribution in [1.29, 1.82) is 0 Å². The molecule has 6 nitrogen and oxygen atoms in total. The van der Waals surface area contributed by atoms with Crippen LogP contribution in [0.5, 0.6) is 0 Å². The summed E-state index contributed by atoms with van der Waals surface area (Å²) in [5.74, 6) is -0.463. The van der Waals surface area contributed by atoms with E-state index in [0.717, 1.165) is 11.3 Å². The number of aromatic nitrogens is 1. The van der Waals surface area contributed by atoms with Gasteiger partial charge in [0.15, 0.2) is 0 Å². The lowest BCUT2D eigenvalue weighted by Crippen LogP contribution is -2.11. The predicted octanol–water partition coefficient (Wildman–Crippen LogP) is 5.40. The molecule has 170 valence electrons. The van der Waals surface area contributed by atoms with Crippen molar-refractivity contribution in [2.75, 3.05) is 0 Å². The molecule has 0 atom stereocenters. The maximum absolute atomic E-state index is 13.5. The number of hydrogen-bond acceptors (Lipinski definition) is 6. The molecular formula is C21H13Cl2FN2O4S3. The zero-order chi connectivity index (χ0) is 24.0. The molecule has 0 aliphatic rings. The SMILES string of the molecule is NS(=O)(=O)c1ccc(-c2sc(S(=O)(=O)c3cc(Cl)cc(Cl)c3)nc2-c2ccc(F)cc2)cc1. The number of sulfonamides is 1. The van der Waals surface area contributed by atoms with Crippen LogP contribution in [0.25, 0.3) is 21.7 Å². The molecule has 4 aromatic rings. The highest BCUT2D eigenvalue weighted by Crippen LogP contribution is 2.40. The van der Waals surface area contributed by atoms with Crippen LogP contribution in [0.4, 0.5) is 4.39 Å². The molecule has 0 bridgehead atoms. The van der Waals surface area contributed by atoms with Crippen molar-refractivity contribution in [1.82, 2.24) is 4.98 Å². The van der Waals surface area contributed by atoms with Crippen molar-refractivity contribution in [2.24, 2.45) is 5.14 Å². The number of rotatable bonds is 5. The maximum Gasteiger partial charge on any atom is 0.238 e. The molecule has 0 saturated carbocycles. The van der Waals surface area contributed by atoms with Gasteiger partial charge in [0.25, 0.3) is 0 Å². The third kappa shape index (κ3) is 4.96. The van der Waals surface area contributed by atoms with E-state index >= 15 is 0 Å². The van der Waals surface area contributed by atoms with Crippen LogP contribution in [0.1, 0.15) is 0 Å². The fraction of sp³-hybridized carbons (Fsp3) is 0. The molecule has 1 aromatic heterocycles. The van der Waals surface area contributed by atoms with Crippen LogP contribution in [-0.2, 0) is 19.9 Å². The zero-order valence-corrected chi connectivity index (χ0v) is 20.3. The summed E-state index contributed by atoms with van der Waals surface area (Å²) in [6.07, 6.45) is 0. The normalized spacial score (nSPS) is 12.1. The minimum atomic E-state index is -4.09. The Labute approximate surface area is 203 Å². The van der Waals surface area contributed by atoms with E-state index in [1.54, 1.807) is 0 Å². The Kier molecular flexibility index (Phi) is 6.34. The zero-order valence-electron chi connectivity index (χ0n) is 16.4. The number of nitrogens with zero attached hydrogens (tertiary/aromatic N) is 1. The van der Waals surface area contributed by atoms with Crippen LogP contribution in [0, 0.1) is 5.82 Å². The highest BCUT2D eigenvalue weighted by Gasteiger charge is 2.27. The van der Waals surface area contributed by atoms with Gasteiger partial charge in [-0.3, -0.25) is 0 Å². The van der Waals surface area contributed by atoms with Crippen molar-refractivity contribution in [3.8, 4) is 21.7 Å². The molecule has 0 aliphatic carbocycles. The van der Waals surface area contributed by atoms with Crippen LogP contribution in [0.3, 0.4) is 0 Å². The highest BCUT2D eigenvalue weighted by molar-refractivity contribution is 7.93. The van der Waals surface area contributed by atoms with Crippen molar-refractivity contribution in [3.63, 3.8) is 0 Å². The number of halogens is 3. The summed E-state index contributed by atoms with van der Waals surface area (Å²) in [5, 5.41) is 5.45. The summed E-state index contributed by atoms with van der Waals surface area (Å²) < 4.78 is 63.0. The number of sulfone groups is 1. The first-order valence-corrected chi connectivity index (χ1v) is 13.7. The van der Waals surface area contributed by atoms with Crippen molar-refractivity contribution >= 4 is 54.4 Å². The van der Waals surface area contributed by atoms with Gasteiger partial charge in [0.2, 0.25) is 24.2 Å². The van der Waals surface area contributed by atoms with Gasteiger partial charge in [0.1, 0.15) is 5.82 Å². The second-order valence-electron chi connectivity index (χ2n) is 6.84. The van der Waals surface area contributed by atoms with E-state index in [2.05, 4.69) is 4.98 Å². The molecule has 0 aliphatic heterocycles. The fourth-order valence-electron chi connectivity index (χ4n) is 3.00. The van der Waals surface area contributed by atoms with Gasteiger partial charge in [-0.05, 0) is 60.2 Å². The van der Waals surface area contributed by atoms with Gasteiger partial charge in [-0.2, -0.15) is 0 Å². The molecule has 0 saturated heterocycles. The average Bonchev–Trinajstić information content (AvgIpc) is 3.19. The third-order valence-corrected chi connectivity index (χ3v) is 9.13. The number of benzene rings is 3. The van der Waals surface area contributed by atoms with Crippen LogP contribution >= 0.6 is 34.5 Å². The molecule has 0 fully saturated rings. The van der Waals surface area contributed by atoms with Crippen LogP contribution < -0.4 is 5.14 Å². The van der Waals surface area contributed by atoms with E-state index < -0.39 is 25.7 Å². The molecule has 2 N–H and O–H groups in total. The Balaban J connectivity index is 1.91. The van der Waals surface area contributed by atoms with Crippen molar-refractivity contribution in [2.45, 2.75) is 14.1 Å². The number of thiazole rings is 1. The molecule has 0 spiro atoms. The Morgan fingerprint density at radius 3 is 1.88 bits per heavy atom. The van der Waals surface area contributed by atoms with Gasteiger partial charge in [0, 0.05) is 15.6 Å². The average molecular weight is 543 g/mol. The van der Waals surface area contributed by atoms with E-state index in [-0.39, 0.29) is 29.9 Å².